The molecule has 2 saturated carbocycles. The van der Waals surface area contributed by atoms with Crippen molar-refractivity contribution >= 4 is 35.8 Å². The number of aliphatic hydroxyl groups is 3. The first kappa shape index (κ1) is 45.4. The topological polar surface area (TPSA) is 231 Å². The first-order valence-corrected chi connectivity index (χ1v) is 20.2. The molecule has 16 heteroatoms. The van der Waals surface area contributed by atoms with E-state index < -0.39 is 118 Å². The highest BCUT2D eigenvalue weighted by Crippen LogP contribution is 2.64. The zero-order valence-corrected chi connectivity index (χ0v) is 35.8. The van der Waals surface area contributed by atoms with E-state index in [1.165, 1.54) is 38.1 Å². The summed E-state index contributed by atoms with van der Waals surface area (Å²) in [4.78, 5) is 83.3. The summed E-state index contributed by atoms with van der Waals surface area (Å²) in [6, 6.07) is 14.0. The van der Waals surface area contributed by atoms with Crippen LogP contribution >= 0.6 is 0 Å². The summed E-state index contributed by atoms with van der Waals surface area (Å²) in [6.07, 6.45) is -11.3. The van der Waals surface area contributed by atoms with Crippen molar-refractivity contribution in [2.45, 2.75) is 135 Å². The third-order valence-electron chi connectivity index (χ3n) is 12.8. The number of fused-ring (bicyclic) bond motifs is 5. The quantitative estimate of drug-likeness (QED) is 0.160. The molecule has 61 heavy (non-hydrogen) atoms. The van der Waals surface area contributed by atoms with Crippen LogP contribution in [-0.2, 0) is 47.6 Å². The fraction of sp³-hybridized carbons (Fsp3) is 0.556. The van der Waals surface area contributed by atoms with Crippen molar-refractivity contribution < 1.29 is 72.5 Å². The van der Waals surface area contributed by atoms with Gasteiger partial charge < -0.3 is 49.1 Å². The van der Waals surface area contributed by atoms with E-state index in [1.807, 2.05) is 0 Å². The number of hydrogen-bond donors (Lipinski definition) is 4. The largest absolute Gasteiger partial charge is 0.456 e. The second-order valence-corrected chi connectivity index (χ2v) is 18.2. The normalized spacial score (nSPS) is 32.5. The van der Waals surface area contributed by atoms with Crippen LogP contribution in [0.1, 0.15) is 97.2 Å². The van der Waals surface area contributed by atoms with Crippen molar-refractivity contribution in [1.82, 2.24) is 5.32 Å². The number of carbonyl (C=O) groups excluding carboxylic acids is 6. The lowest BCUT2D eigenvalue weighted by atomic mass is 9.44. The molecule has 2 aromatic carbocycles. The van der Waals surface area contributed by atoms with E-state index in [2.05, 4.69) is 5.32 Å². The Morgan fingerprint density at radius 1 is 0.902 bits per heavy atom. The van der Waals surface area contributed by atoms with Crippen LogP contribution in [0.25, 0.3) is 0 Å². The lowest BCUT2D eigenvalue weighted by Crippen LogP contribution is -2.82. The molecule has 4 N–H and O–H groups in total. The number of rotatable bonds is 9. The molecule has 1 amide bonds. The van der Waals surface area contributed by atoms with Gasteiger partial charge in [-0.2, -0.15) is 0 Å². The fourth-order valence-corrected chi connectivity index (χ4v) is 9.77. The van der Waals surface area contributed by atoms with E-state index in [9.17, 15) is 39.3 Å². The lowest BCUT2D eigenvalue weighted by molar-refractivity contribution is -0.346. The number of esters is 4. The van der Waals surface area contributed by atoms with Gasteiger partial charge >= 0.3 is 30.0 Å². The minimum absolute atomic E-state index is 0.0133. The number of aliphatic hydroxyl groups excluding tert-OH is 2. The van der Waals surface area contributed by atoms with Crippen LogP contribution < -0.4 is 5.32 Å². The predicted molar refractivity (Wildman–Crippen MR) is 213 cm³/mol. The zero-order chi connectivity index (χ0) is 45.0. The van der Waals surface area contributed by atoms with Gasteiger partial charge in [0.05, 0.1) is 29.6 Å². The molecule has 11 atom stereocenters. The molecule has 330 valence electrons. The predicted octanol–water partition coefficient (Wildman–Crippen LogP) is 3.83. The summed E-state index contributed by atoms with van der Waals surface area (Å²) in [7, 11) is 0. The Hall–Kier alpha value is -5.16. The van der Waals surface area contributed by atoms with E-state index in [4.69, 9.17) is 28.4 Å². The van der Waals surface area contributed by atoms with Crippen LogP contribution in [0.2, 0.25) is 0 Å². The summed E-state index contributed by atoms with van der Waals surface area (Å²) in [5.41, 5.74) is -8.47. The number of benzene rings is 2. The molecular formula is C45H55NO15. The summed E-state index contributed by atoms with van der Waals surface area (Å²) in [5, 5.41) is 39.7. The maximum atomic E-state index is 15.5. The molecule has 1 aliphatic heterocycles. The van der Waals surface area contributed by atoms with Crippen molar-refractivity contribution in [3.63, 3.8) is 0 Å². The summed E-state index contributed by atoms with van der Waals surface area (Å²) >= 11 is 0. The van der Waals surface area contributed by atoms with Crippen molar-refractivity contribution in [3.05, 3.63) is 82.9 Å². The Labute approximate surface area is 353 Å². The number of amides is 1. The number of ketones is 1. The van der Waals surface area contributed by atoms with Crippen LogP contribution in [-0.4, -0.2) is 111 Å². The highest BCUT2D eigenvalue weighted by Gasteiger charge is 2.78. The average Bonchev–Trinajstić information content (AvgIpc) is 3.17. The van der Waals surface area contributed by atoms with Crippen LogP contribution in [0.4, 0.5) is 4.79 Å². The molecule has 1 saturated heterocycles. The maximum Gasteiger partial charge on any atom is 0.408 e. The van der Waals surface area contributed by atoms with Gasteiger partial charge in [-0.25, -0.2) is 14.4 Å². The number of ether oxygens (including phenoxy) is 6. The van der Waals surface area contributed by atoms with E-state index in [0.29, 0.717) is 0 Å². The highest BCUT2D eigenvalue weighted by atomic mass is 16.6. The monoisotopic (exact) mass is 849 g/mol. The zero-order valence-electron chi connectivity index (χ0n) is 35.8. The Balaban J connectivity index is 1.57. The van der Waals surface area contributed by atoms with Gasteiger partial charge in [0.25, 0.3) is 0 Å². The maximum absolute atomic E-state index is 15.5. The molecule has 0 unspecified atom stereocenters. The molecule has 16 nitrogen and oxygen atoms in total. The number of nitrogens with one attached hydrogen (secondary N) is 1. The first-order valence-electron chi connectivity index (χ1n) is 20.2. The van der Waals surface area contributed by atoms with Crippen LogP contribution in [0.3, 0.4) is 0 Å². The molecule has 2 aromatic rings. The second kappa shape index (κ2) is 16.3. The number of alkyl carbamates (subject to hydrolysis) is 1. The fourth-order valence-electron chi connectivity index (χ4n) is 9.77. The molecule has 2 bridgehead atoms. The average molecular weight is 850 g/mol. The Bertz CT molecular complexity index is 2100. The van der Waals surface area contributed by atoms with E-state index >= 15 is 4.79 Å². The molecule has 4 aliphatic rings. The number of hydrogen-bond acceptors (Lipinski definition) is 15. The van der Waals surface area contributed by atoms with Gasteiger partial charge in [-0.1, -0.05) is 62.4 Å². The Kier molecular flexibility index (Phi) is 12.1. The van der Waals surface area contributed by atoms with Gasteiger partial charge in [0.1, 0.15) is 35.6 Å². The Morgan fingerprint density at radius 3 is 2.05 bits per heavy atom. The van der Waals surface area contributed by atoms with Gasteiger partial charge in [0.2, 0.25) is 0 Å². The smallest absolute Gasteiger partial charge is 0.408 e. The summed E-state index contributed by atoms with van der Waals surface area (Å²) in [6.45, 7) is 12.8. The van der Waals surface area contributed by atoms with Gasteiger partial charge in [-0.3, -0.25) is 14.4 Å². The molecule has 3 aliphatic carbocycles. The number of carbonyl (C=O) groups is 6. The second-order valence-electron chi connectivity index (χ2n) is 18.2. The summed E-state index contributed by atoms with van der Waals surface area (Å²) < 4.78 is 35.7. The number of Topliss-reactive ketones (excluding diaryl/α,β-unsaturated/α-hetero) is 1. The van der Waals surface area contributed by atoms with Crippen molar-refractivity contribution in [1.29, 1.82) is 0 Å². The first-order chi connectivity index (χ1) is 28.4. The van der Waals surface area contributed by atoms with Gasteiger partial charge in [-0.15, -0.1) is 0 Å². The highest BCUT2D eigenvalue weighted by molar-refractivity contribution is 5.95. The van der Waals surface area contributed by atoms with E-state index in [-0.39, 0.29) is 35.3 Å². The molecule has 0 aromatic heterocycles. The minimum atomic E-state index is -2.40. The SMILES string of the molecule is CC(=O)O[C@H]1C(=O)[C@@]2(C)[C@H]([C@H](OC(=O)c3ccccc3)[C@]3(O)C[C@H](OC(=O)[C@H](NC(=O)OC(C)(C)C)[C@@H](O)c4ccccc4)C(C)=C1C3(C)C)[C@]1(OC(C)=O)CO[C@@H]1C[C@@H]2O. The van der Waals surface area contributed by atoms with Crippen LogP contribution in [0.5, 0.6) is 0 Å². The Morgan fingerprint density at radius 2 is 1.51 bits per heavy atom. The lowest BCUT2D eigenvalue weighted by Gasteiger charge is -2.67. The van der Waals surface area contributed by atoms with Gasteiger partial charge in [-0.05, 0) is 63.5 Å². The molecular weight excluding hydrogens is 794 g/mol. The van der Waals surface area contributed by atoms with E-state index in [1.54, 1.807) is 71.0 Å². The van der Waals surface area contributed by atoms with Crippen molar-refractivity contribution in [2.75, 3.05) is 6.61 Å². The van der Waals surface area contributed by atoms with Gasteiger partial charge in [0.15, 0.2) is 23.5 Å². The third-order valence-corrected chi connectivity index (χ3v) is 12.8. The molecule has 3 fully saturated rings. The van der Waals surface area contributed by atoms with Gasteiger partial charge in [0, 0.05) is 32.1 Å². The van der Waals surface area contributed by atoms with Crippen LogP contribution in [0.15, 0.2) is 71.8 Å². The third kappa shape index (κ3) is 7.94. The summed E-state index contributed by atoms with van der Waals surface area (Å²) in [5.74, 6) is -6.23. The van der Waals surface area contributed by atoms with Crippen LogP contribution in [0, 0.1) is 16.7 Å². The molecule has 1 heterocycles. The van der Waals surface area contributed by atoms with Crippen molar-refractivity contribution in [2.24, 2.45) is 16.7 Å². The molecule has 6 rings (SSSR count). The standard InChI is InChI=1S/C45H55NO15/c1-23-28(58-39(53)32(46-40(54)61-41(4,5)6)33(50)26-16-12-10-13-17-26)21-45(55)37(59-38(52)27-18-14-11-15-19-27)35-43(9,29(49)20-30-44(35,22-56-30)60-25(3)48)36(51)34(57-24(2)47)31(23)42(45,7)8/h10-19,28-30,32-35,37,49-50,55H,20-22H2,1-9H3,(H,46,54)/t28-,29-,30+,32+,33-,34+,35-,37-,43+,44-,45+/m0/s1. The minimum Gasteiger partial charge on any atom is -0.456 e. The van der Waals surface area contributed by atoms with E-state index in [0.717, 1.165) is 13.8 Å². The molecule has 0 spiro atoms. The molecule has 0 radical (unpaired) electrons. The van der Waals surface area contributed by atoms with Crippen molar-refractivity contribution in [3.8, 4) is 0 Å².